The average Bonchev–Trinajstić information content (AvgIpc) is 3.02. The first-order valence-electron chi connectivity index (χ1n) is 7.74. The Hall–Kier alpha value is -0.710. The third-order valence-corrected chi connectivity index (χ3v) is 8.08. The monoisotopic (exact) mass is 393 g/mol. The van der Waals surface area contributed by atoms with Gasteiger partial charge in [-0.15, -0.1) is 11.3 Å². The number of thiophene rings is 1. The van der Waals surface area contributed by atoms with Crippen molar-refractivity contribution in [2.45, 2.75) is 22.6 Å². The number of rotatable bonds is 3. The van der Waals surface area contributed by atoms with Crippen LogP contribution in [0.2, 0.25) is 4.34 Å². The average molecular weight is 394 g/mol. The molecule has 134 valence electrons. The molecule has 3 heterocycles. The quantitative estimate of drug-likeness (QED) is 0.817. The van der Waals surface area contributed by atoms with E-state index in [-0.39, 0.29) is 23.2 Å². The van der Waals surface area contributed by atoms with Crippen LogP contribution in [0.3, 0.4) is 0 Å². The van der Waals surface area contributed by atoms with Crippen molar-refractivity contribution in [3.05, 3.63) is 16.5 Å². The van der Waals surface area contributed by atoms with Gasteiger partial charge in [-0.05, 0) is 25.0 Å². The van der Waals surface area contributed by atoms with Gasteiger partial charge in [-0.2, -0.15) is 4.31 Å². The van der Waals surface area contributed by atoms with E-state index in [0.717, 1.165) is 11.3 Å². The molecule has 0 aromatic carbocycles. The van der Waals surface area contributed by atoms with Crippen LogP contribution in [-0.2, 0) is 19.6 Å². The van der Waals surface area contributed by atoms with Crippen LogP contribution in [0.25, 0.3) is 0 Å². The first-order chi connectivity index (χ1) is 11.3. The molecular weight excluding hydrogens is 374 g/mol. The highest BCUT2D eigenvalue weighted by Gasteiger charge is 2.41. The Kier molecular flexibility index (Phi) is 5.19. The van der Waals surface area contributed by atoms with Crippen LogP contribution in [0.15, 0.2) is 16.3 Å². The summed E-state index contributed by atoms with van der Waals surface area (Å²) in [5, 5.41) is 0. The number of amides is 1. The van der Waals surface area contributed by atoms with Gasteiger partial charge in [0.05, 0.1) is 9.88 Å². The molecule has 24 heavy (non-hydrogen) atoms. The second-order valence-corrected chi connectivity index (χ2v) is 9.90. The Bertz CT molecular complexity index is 707. The number of nitrogens with zero attached hydrogens (tertiary/aromatic N) is 2. The maximum atomic E-state index is 12.7. The topological polar surface area (TPSA) is 92.9 Å². The number of hydrogen-bond acceptors (Lipinski definition) is 6. The first kappa shape index (κ1) is 18.1. The van der Waals surface area contributed by atoms with Crippen molar-refractivity contribution in [3.8, 4) is 0 Å². The van der Waals surface area contributed by atoms with Crippen molar-refractivity contribution in [2.75, 3.05) is 39.4 Å². The van der Waals surface area contributed by atoms with Crippen LogP contribution in [-0.4, -0.2) is 68.5 Å². The lowest BCUT2D eigenvalue weighted by Gasteiger charge is -2.40. The van der Waals surface area contributed by atoms with Gasteiger partial charge in [0.1, 0.15) is 4.21 Å². The number of carbonyl (C=O) groups is 1. The normalized spacial score (nSPS) is 22.5. The van der Waals surface area contributed by atoms with E-state index >= 15 is 0 Å². The summed E-state index contributed by atoms with van der Waals surface area (Å²) in [5.74, 6) is -0.109. The molecule has 1 aromatic heterocycles. The maximum Gasteiger partial charge on any atom is 0.252 e. The van der Waals surface area contributed by atoms with Gasteiger partial charge in [-0.1, -0.05) is 11.6 Å². The smallest absolute Gasteiger partial charge is 0.252 e. The fourth-order valence-electron chi connectivity index (χ4n) is 2.96. The Labute approximate surface area is 150 Å². The van der Waals surface area contributed by atoms with Crippen LogP contribution in [0.1, 0.15) is 12.8 Å². The summed E-state index contributed by atoms with van der Waals surface area (Å²) in [4.78, 5) is 14.3. The summed E-state index contributed by atoms with van der Waals surface area (Å²) in [6, 6.07) is 3.08. The molecule has 3 rings (SSSR count). The Balaban J connectivity index is 1.64. The van der Waals surface area contributed by atoms with Gasteiger partial charge in [0, 0.05) is 39.4 Å². The molecule has 10 heteroatoms. The van der Waals surface area contributed by atoms with E-state index in [9.17, 15) is 13.2 Å². The largest absolute Gasteiger partial charge is 0.381 e. The van der Waals surface area contributed by atoms with E-state index in [1.54, 1.807) is 11.0 Å². The SMILES string of the molecule is NC1(C(=O)N2CCN(S(=O)(=O)c3ccc(Cl)s3)CC2)CCOCC1. The zero-order valence-corrected chi connectivity index (χ0v) is 15.5. The van der Waals surface area contributed by atoms with Crippen molar-refractivity contribution in [3.63, 3.8) is 0 Å². The number of carbonyl (C=O) groups excluding carboxylic acids is 1. The third kappa shape index (κ3) is 3.47. The van der Waals surface area contributed by atoms with Gasteiger partial charge in [-0.25, -0.2) is 8.42 Å². The zero-order valence-electron chi connectivity index (χ0n) is 13.1. The molecule has 1 aromatic rings. The highest BCUT2D eigenvalue weighted by atomic mass is 35.5. The molecule has 2 saturated heterocycles. The predicted molar refractivity (Wildman–Crippen MR) is 91.6 cm³/mol. The standard InChI is InChI=1S/C14H20ClN3O4S2/c15-11-1-2-12(23-11)24(20,21)18-7-5-17(6-8-18)13(19)14(16)3-9-22-10-4-14/h1-2H,3-10,16H2. The second kappa shape index (κ2) is 6.89. The third-order valence-electron chi connectivity index (χ3n) is 4.48. The van der Waals surface area contributed by atoms with Gasteiger partial charge in [0.25, 0.3) is 10.0 Å². The number of nitrogens with two attached hydrogens (primary N) is 1. The highest BCUT2D eigenvalue weighted by molar-refractivity contribution is 7.91. The minimum Gasteiger partial charge on any atom is -0.381 e. The maximum absolute atomic E-state index is 12.7. The van der Waals surface area contributed by atoms with Crippen molar-refractivity contribution in [2.24, 2.45) is 5.73 Å². The molecule has 0 aliphatic carbocycles. The first-order valence-corrected chi connectivity index (χ1v) is 10.4. The summed E-state index contributed by atoms with van der Waals surface area (Å²) in [7, 11) is -3.55. The Morgan fingerprint density at radius 1 is 1.21 bits per heavy atom. The van der Waals surface area contributed by atoms with Gasteiger partial charge in [0.15, 0.2) is 0 Å². The van der Waals surface area contributed by atoms with Crippen LogP contribution < -0.4 is 5.73 Å². The summed E-state index contributed by atoms with van der Waals surface area (Å²) >= 11 is 6.87. The van der Waals surface area contributed by atoms with Crippen molar-refractivity contribution in [1.82, 2.24) is 9.21 Å². The van der Waals surface area contributed by atoms with E-state index < -0.39 is 15.6 Å². The molecule has 0 unspecified atom stereocenters. The van der Waals surface area contributed by atoms with Gasteiger partial charge < -0.3 is 15.4 Å². The van der Waals surface area contributed by atoms with Crippen LogP contribution in [0, 0.1) is 0 Å². The fourth-order valence-corrected chi connectivity index (χ4v) is 6.02. The lowest BCUT2D eigenvalue weighted by Crippen LogP contribution is -2.61. The second-order valence-electron chi connectivity index (χ2n) is 6.02. The van der Waals surface area contributed by atoms with Gasteiger partial charge in [-0.3, -0.25) is 4.79 Å². The number of halogens is 1. The fraction of sp³-hybridized carbons (Fsp3) is 0.643. The molecule has 1 amide bonds. The van der Waals surface area contributed by atoms with Gasteiger partial charge >= 0.3 is 0 Å². The van der Waals surface area contributed by atoms with Crippen LogP contribution in [0.4, 0.5) is 0 Å². The van der Waals surface area contributed by atoms with E-state index in [1.807, 2.05) is 0 Å². The Morgan fingerprint density at radius 2 is 1.83 bits per heavy atom. The van der Waals surface area contributed by atoms with Crippen LogP contribution >= 0.6 is 22.9 Å². The molecule has 2 aliphatic rings. The lowest BCUT2D eigenvalue weighted by atomic mass is 9.89. The molecule has 0 saturated carbocycles. The molecule has 2 aliphatic heterocycles. The number of sulfonamides is 1. The molecule has 7 nitrogen and oxygen atoms in total. The van der Waals surface area contributed by atoms with E-state index in [2.05, 4.69) is 0 Å². The van der Waals surface area contributed by atoms with E-state index in [4.69, 9.17) is 22.1 Å². The minimum atomic E-state index is -3.55. The van der Waals surface area contributed by atoms with E-state index in [1.165, 1.54) is 10.4 Å². The minimum absolute atomic E-state index is 0.109. The summed E-state index contributed by atoms with van der Waals surface area (Å²) in [5.41, 5.74) is 5.34. The molecule has 0 spiro atoms. The summed E-state index contributed by atoms with van der Waals surface area (Å²) in [6.07, 6.45) is 0.996. The van der Waals surface area contributed by atoms with Crippen LogP contribution in [0.5, 0.6) is 0 Å². The molecular formula is C14H20ClN3O4S2. The number of hydrogen-bond donors (Lipinski definition) is 1. The molecule has 2 N–H and O–H groups in total. The molecule has 0 bridgehead atoms. The van der Waals surface area contributed by atoms with Crippen molar-refractivity contribution >= 4 is 38.9 Å². The summed E-state index contributed by atoms with van der Waals surface area (Å²) in [6.45, 7) is 2.17. The molecule has 0 radical (unpaired) electrons. The molecule has 0 atom stereocenters. The number of piperazine rings is 1. The van der Waals surface area contributed by atoms with Crippen molar-refractivity contribution in [1.29, 1.82) is 0 Å². The van der Waals surface area contributed by atoms with E-state index in [0.29, 0.717) is 43.5 Å². The predicted octanol–water partition coefficient (Wildman–Crippen LogP) is 0.742. The molecule has 2 fully saturated rings. The summed E-state index contributed by atoms with van der Waals surface area (Å²) < 4.78 is 32.5. The Morgan fingerprint density at radius 3 is 2.38 bits per heavy atom. The van der Waals surface area contributed by atoms with Gasteiger partial charge in [0.2, 0.25) is 5.91 Å². The lowest BCUT2D eigenvalue weighted by molar-refractivity contribution is -0.141. The zero-order chi connectivity index (χ0) is 17.4. The van der Waals surface area contributed by atoms with Crippen molar-refractivity contribution < 1.29 is 17.9 Å². The number of ether oxygens (including phenoxy) is 1. The highest BCUT2D eigenvalue weighted by Crippen LogP contribution is 2.29.